The molecule has 2 rings (SSSR count). The summed E-state index contributed by atoms with van der Waals surface area (Å²) >= 11 is 7.11. The van der Waals surface area contributed by atoms with E-state index in [0.717, 1.165) is 0 Å². The van der Waals surface area contributed by atoms with E-state index in [1.54, 1.807) is 38.1 Å². The van der Waals surface area contributed by atoms with Gasteiger partial charge in [-0.1, -0.05) is 29.4 Å². The van der Waals surface area contributed by atoms with E-state index in [4.69, 9.17) is 17.4 Å². The van der Waals surface area contributed by atoms with Gasteiger partial charge in [0.05, 0.1) is 5.25 Å². The van der Waals surface area contributed by atoms with E-state index in [-0.39, 0.29) is 11.2 Å². The van der Waals surface area contributed by atoms with Gasteiger partial charge >= 0.3 is 0 Å². The fourth-order valence-corrected chi connectivity index (χ4v) is 2.46. The molecule has 1 amide bonds. The van der Waals surface area contributed by atoms with Crippen LogP contribution in [0, 0.1) is 6.92 Å². The number of nitrogens with zero attached hydrogens (tertiary/aromatic N) is 3. The van der Waals surface area contributed by atoms with Crippen molar-refractivity contribution in [3.8, 4) is 0 Å². The summed E-state index contributed by atoms with van der Waals surface area (Å²) in [6.07, 6.45) is 0. The van der Waals surface area contributed by atoms with Crippen LogP contribution in [0.15, 0.2) is 29.4 Å². The number of carbonyl (C=O) groups excluding carboxylic acids is 1. The van der Waals surface area contributed by atoms with Crippen molar-refractivity contribution < 1.29 is 4.79 Å². The van der Waals surface area contributed by atoms with Gasteiger partial charge in [0, 0.05) is 10.7 Å². The molecule has 0 radical (unpaired) electrons. The second-order valence-corrected chi connectivity index (χ2v) is 5.90. The summed E-state index contributed by atoms with van der Waals surface area (Å²) in [6.45, 7) is 3.52. The zero-order valence-corrected chi connectivity index (χ0v) is 12.6. The molecule has 20 heavy (non-hydrogen) atoms. The number of aryl methyl sites for hydroxylation is 1. The monoisotopic (exact) mass is 311 g/mol. The lowest BCUT2D eigenvalue weighted by Gasteiger charge is -2.11. The second-order valence-electron chi connectivity index (χ2n) is 4.16. The summed E-state index contributed by atoms with van der Waals surface area (Å²) in [6, 6.07) is 6.98. The van der Waals surface area contributed by atoms with Crippen LogP contribution >= 0.6 is 23.4 Å². The summed E-state index contributed by atoms with van der Waals surface area (Å²) in [4.78, 5) is 12.1. The topological polar surface area (TPSA) is 85.8 Å². The predicted octanol–water partition coefficient (Wildman–Crippen LogP) is 2.07. The Morgan fingerprint density at radius 2 is 2.25 bits per heavy atom. The number of hydrogen-bond acceptors (Lipinski definition) is 5. The SMILES string of the molecule is Cc1nnc(SC(C)C(=O)Nc2cccc(Cl)c2)n1N. The van der Waals surface area contributed by atoms with Gasteiger partial charge in [0.2, 0.25) is 11.1 Å². The van der Waals surface area contributed by atoms with Crippen molar-refractivity contribution in [2.45, 2.75) is 24.3 Å². The zero-order chi connectivity index (χ0) is 14.7. The van der Waals surface area contributed by atoms with Gasteiger partial charge in [-0.3, -0.25) is 4.79 Å². The normalized spacial score (nSPS) is 12.2. The average Bonchev–Trinajstić information content (AvgIpc) is 2.70. The van der Waals surface area contributed by atoms with Crippen LogP contribution < -0.4 is 11.2 Å². The number of nitrogens with two attached hydrogens (primary N) is 1. The van der Waals surface area contributed by atoms with Gasteiger partial charge < -0.3 is 11.2 Å². The number of amides is 1. The number of hydrogen-bond donors (Lipinski definition) is 2. The smallest absolute Gasteiger partial charge is 0.237 e. The fourth-order valence-electron chi connectivity index (χ4n) is 1.45. The van der Waals surface area contributed by atoms with Crippen LogP contribution in [0.1, 0.15) is 12.7 Å². The van der Waals surface area contributed by atoms with E-state index in [1.165, 1.54) is 16.4 Å². The number of benzene rings is 1. The number of carbonyl (C=O) groups is 1. The molecule has 1 heterocycles. The molecule has 0 aliphatic rings. The molecule has 0 bridgehead atoms. The first-order chi connectivity index (χ1) is 9.47. The Bertz CT molecular complexity index is 630. The van der Waals surface area contributed by atoms with Gasteiger partial charge in [-0.15, -0.1) is 10.2 Å². The van der Waals surface area contributed by atoms with E-state index in [2.05, 4.69) is 15.5 Å². The van der Waals surface area contributed by atoms with Gasteiger partial charge in [0.1, 0.15) is 5.82 Å². The first kappa shape index (κ1) is 14.7. The van der Waals surface area contributed by atoms with E-state index in [0.29, 0.717) is 21.7 Å². The maximum Gasteiger partial charge on any atom is 0.237 e. The Morgan fingerprint density at radius 1 is 1.50 bits per heavy atom. The third-order valence-electron chi connectivity index (χ3n) is 2.58. The Labute approximate surface area is 125 Å². The lowest BCUT2D eigenvalue weighted by molar-refractivity contribution is -0.115. The van der Waals surface area contributed by atoms with Crippen LogP contribution in [0.4, 0.5) is 5.69 Å². The molecule has 0 spiro atoms. The largest absolute Gasteiger partial charge is 0.336 e. The molecular formula is C12H14ClN5OS. The van der Waals surface area contributed by atoms with Gasteiger partial charge in [-0.05, 0) is 32.0 Å². The van der Waals surface area contributed by atoms with Crippen molar-refractivity contribution in [3.05, 3.63) is 35.1 Å². The molecule has 0 aliphatic carbocycles. The van der Waals surface area contributed by atoms with Crippen molar-refractivity contribution in [2.24, 2.45) is 0 Å². The Morgan fingerprint density at radius 3 is 2.85 bits per heavy atom. The van der Waals surface area contributed by atoms with Crippen molar-refractivity contribution in [1.82, 2.24) is 14.9 Å². The maximum absolute atomic E-state index is 12.1. The lowest BCUT2D eigenvalue weighted by atomic mass is 10.3. The predicted molar refractivity (Wildman–Crippen MR) is 80.3 cm³/mol. The molecule has 106 valence electrons. The maximum atomic E-state index is 12.1. The first-order valence-corrected chi connectivity index (χ1v) is 7.13. The van der Waals surface area contributed by atoms with Crippen molar-refractivity contribution >= 4 is 35.0 Å². The van der Waals surface area contributed by atoms with Crippen molar-refractivity contribution in [3.63, 3.8) is 0 Å². The molecule has 1 atom stereocenters. The lowest BCUT2D eigenvalue weighted by Crippen LogP contribution is -2.23. The summed E-state index contributed by atoms with van der Waals surface area (Å²) < 4.78 is 1.35. The van der Waals surface area contributed by atoms with Gasteiger partial charge in [-0.2, -0.15) is 0 Å². The van der Waals surface area contributed by atoms with Crippen LogP contribution in [0.5, 0.6) is 0 Å². The minimum Gasteiger partial charge on any atom is -0.336 e. The zero-order valence-electron chi connectivity index (χ0n) is 11.0. The summed E-state index contributed by atoms with van der Waals surface area (Å²) in [5.41, 5.74) is 0.653. The van der Waals surface area contributed by atoms with Crippen LogP contribution in [0.2, 0.25) is 5.02 Å². The molecule has 2 aromatic rings. The molecule has 1 aromatic heterocycles. The quantitative estimate of drug-likeness (QED) is 0.667. The van der Waals surface area contributed by atoms with E-state index in [9.17, 15) is 4.79 Å². The highest BCUT2D eigenvalue weighted by atomic mass is 35.5. The van der Waals surface area contributed by atoms with Crippen LogP contribution in [-0.2, 0) is 4.79 Å². The first-order valence-electron chi connectivity index (χ1n) is 5.87. The number of halogens is 1. The summed E-state index contributed by atoms with van der Waals surface area (Å²) in [5.74, 6) is 6.18. The Balaban J connectivity index is 2.00. The minimum absolute atomic E-state index is 0.155. The highest BCUT2D eigenvalue weighted by Crippen LogP contribution is 2.22. The molecule has 0 aliphatic heterocycles. The molecule has 3 N–H and O–H groups in total. The van der Waals surface area contributed by atoms with Crippen molar-refractivity contribution in [1.29, 1.82) is 0 Å². The summed E-state index contributed by atoms with van der Waals surface area (Å²) in [5, 5.41) is 11.2. The summed E-state index contributed by atoms with van der Waals surface area (Å²) in [7, 11) is 0. The average molecular weight is 312 g/mol. The highest BCUT2D eigenvalue weighted by Gasteiger charge is 2.18. The highest BCUT2D eigenvalue weighted by molar-refractivity contribution is 8.00. The molecule has 0 fully saturated rings. The van der Waals surface area contributed by atoms with E-state index in [1.807, 2.05) is 0 Å². The van der Waals surface area contributed by atoms with Crippen LogP contribution in [0.25, 0.3) is 0 Å². The van der Waals surface area contributed by atoms with Crippen LogP contribution in [-0.4, -0.2) is 26.0 Å². The number of nitrogens with one attached hydrogen (secondary N) is 1. The number of rotatable bonds is 4. The Kier molecular flexibility index (Phi) is 4.51. The number of anilines is 1. The number of aromatic nitrogens is 3. The molecule has 1 aromatic carbocycles. The molecular weight excluding hydrogens is 298 g/mol. The molecule has 6 nitrogen and oxygen atoms in total. The van der Waals surface area contributed by atoms with Crippen molar-refractivity contribution in [2.75, 3.05) is 11.2 Å². The third kappa shape index (κ3) is 3.43. The third-order valence-corrected chi connectivity index (χ3v) is 3.87. The van der Waals surface area contributed by atoms with Gasteiger partial charge in [0.25, 0.3) is 0 Å². The molecule has 1 unspecified atom stereocenters. The molecule has 0 saturated carbocycles. The van der Waals surface area contributed by atoms with Gasteiger partial charge in [0.15, 0.2) is 0 Å². The second kappa shape index (κ2) is 6.15. The number of nitrogen functional groups attached to an aromatic ring is 1. The molecule has 0 saturated heterocycles. The number of thioether (sulfide) groups is 1. The van der Waals surface area contributed by atoms with Gasteiger partial charge in [-0.25, -0.2) is 4.68 Å². The van der Waals surface area contributed by atoms with E-state index < -0.39 is 0 Å². The minimum atomic E-state index is -0.361. The molecule has 8 heteroatoms. The fraction of sp³-hybridized carbons (Fsp3) is 0.250. The standard InChI is InChI=1S/C12H14ClN5OS/c1-7(20-12-17-16-8(2)18(12)14)11(19)15-10-5-3-4-9(13)6-10/h3-7H,14H2,1-2H3,(H,15,19). The van der Waals surface area contributed by atoms with E-state index >= 15 is 0 Å². The Hall–Kier alpha value is -1.73. The van der Waals surface area contributed by atoms with Crippen LogP contribution in [0.3, 0.4) is 0 Å².